The first-order valence-corrected chi connectivity index (χ1v) is 11.2. The molecule has 30 heavy (non-hydrogen) atoms. The lowest BCUT2D eigenvalue weighted by atomic mass is 9.82. The summed E-state index contributed by atoms with van der Waals surface area (Å²) in [5, 5.41) is 14.9. The number of para-hydroxylation sites is 1. The molecule has 0 unspecified atom stereocenters. The first-order chi connectivity index (χ1) is 14.6. The Morgan fingerprint density at radius 3 is 2.43 bits per heavy atom. The van der Waals surface area contributed by atoms with Gasteiger partial charge in [-0.05, 0) is 63.1 Å². The van der Waals surface area contributed by atoms with Gasteiger partial charge in [0.05, 0.1) is 12.2 Å². The Bertz CT molecular complexity index is 884. The summed E-state index contributed by atoms with van der Waals surface area (Å²) in [7, 11) is 4.07. The van der Waals surface area contributed by atoms with E-state index in [1.807, 2.05) is 26.2 Å². The molecule has 4 rings (SSSR count). The van der Waals surface area contributed by atoms with Gasteiger partial charge in [-0.3, -0.25) is 0 Å². The highest BCUT2D eigenvalue weighted by Gasteiger charge is 2.21. The summed E-state index contributed by atoms with van der Waals surface area (Å²) in [6, 6.07) is 8.21. The van der Waals surface area contributed by atoms with Gasteiger partial charge in [-0.2, -0.15) is 4.98 Å². The van der Waals surface area contributed by atoms with Crippen molar-refractivity contribution in [2.24, 2.45) is 11.8 Å². The van der Waals surface area contributed by atoms with E-state index in [1.165, 1.54) is 37.1 Å². The fraction of sp³-hybridized carbons (Fsp3) is 0.565. The van der Waals surface area contributed by atoms with Crippen LogP contribution < -0.4 is 26.2 Å². The van der Waals surface area contributed by atoms with Crippen LogP contribution in [-0.4, -0.2) is 50.4 Å². The van der Waals surface area contributed by atoms with Crippen LogP contribution in [0.4, 0.5) is 11.8 Å². The molecule has 0 atom stereocenters. The predicted molar refractivity (Wildman–Crippen MR) is 125 cm³/mol. The zero-order valence-corrected chi connectivity index (χ0v) is 18.5. The molecule has 0 saturated heterocycles. The number of fused-ring (bicyclic) bond motifs is 1. The topological polar surface area (TPSA) is 77.1 Å². The van der Waals surface area contributed by atoms with E-state index in [9.17, 15) is 0 Å². The molecule has 7 heteroatoms. The van der Waals surface area contributed by atoms with E-state index in [1.54, 1.807) is 0 Å². The lowest BCUT2D eigenvalue weighted by Crippen LogP contribution is -2.31. The van der Waals surface area contributed by atoms with Gasteiger partial charge in [0.15, 0.2) is 0 Å². The largest absolute Gasteiger partial charge is 0.370 e. The van der Waals surface area contributed by atoms with Gasteiger partial charge in [-0.25, -0.2) is 4.98 Å². The van der Waals surface area contributed by atoms with E-state index in [4.69, 9.17) is 9.97 Å². The minimum absolute atomic E-state index is 0.699. The van der Waals surface area contributed by atoms with Crippen LogP contribution in [-0.2, 0) is 0 Å². The van der Waals surface area contributed by atoms with Crippen molar-refractivity contribution in [3.05, 3.63) is 35.7 Å². The zero-order chi connectivity index (χ0) is 20.9. The van der Waals surface area contributed by atoms with E-state index in [0.717, 1.165) is 54.9 Å². The second kappa shape index (κ2) is 9.51. The van der Waals surface area contributed by atoms with Crippen LogP contribution >= 0.6 is 0 Å². The molecule has 0 spiro atoms. The smallest absolute Gasteiger partial charge is 0.225 e. The molecule has 7 nitrogen and oxygen atoms in total. The molecular weight excluding hydrogens is 374 g/mol. The van der Waals surface area contributed by atoms with E-state index in [2.05, 4.69) is 45.2 Å². The summed E-state index contributed by atoms with van der Waals surface area (Å²) in [4.78, 5) is 11.5. The molecule has 162 valence electrons. The van der Waals surface area contributed by atoms with Crippen molar-refractivity contribution in [1.29, 1.82) is 0 Å². The molecule has 0 amide bonds. The number of aromatic nitrogens is 2. The second-order valence-electron chi connectivity index (χ2n) is 8.81. The van der Waals surface area contributed by atoms with Crippen LogP contribution in [0.25, 0.3) is 10.9 Å². The summed E-state index contributed by atoms with van der Waals surface area (Å²) < 4.78 is 0. The highest BCUT2D eigenvalue weighted by atomic mass is 15.2. The van der Waals surface area contributed by atoms with Crippen molar-refractivity contribution in [3.8, 4) is 0 Å². The Morgan fingerprint density at radius 2 is 1.73 bits per heavy atom. The van der Waals surface area contributed by atoms with Gasteiger partial charge in [0.1, 0.15) is 5.82 Å². The number of benzene rings is 1. The van der Waals surface area contributed by atoms with Crippen molar-refractivity contribution in [2.45, 2.75) is 32.6 Å². The maximum Gasteiger partial charge on any atom is 0.225 e. The Kier molecular flexibility index (Phi) is 6.57. The summed E-state index contributed by atoms with van der Waals surface area (Å²) in [6.45, 7) is 5.99. The number of nitrogens with one attached hydrogen (secondary N) is 4. The maximum absolute atomic E-state index is 4.76. The summed E-state index contributed by atoms with van der Waals surface area (Å²) >= 11 is 0. The molecule has 0 radical (unpaired) electrons. The third-order valence-electron chi connectivity index (χ3n) is 6.36. The van der Waals surface area contributed by atoms with Crippen LogP contribution in [0, 0.1) is 11.8 Å². The molecule has 4 N–H and O–H groups in total. The summed E-state index contributed by atoms with van der Waals surface area (Å²) in [6.07, 6.45) is 5.14. The van der Waals surface area contributed by atoms with Gasteiger partial charge in [0, 0.05) is 44.0 Å². The Morgan fingerprint density at radius 1 is 1.00 bits per heavy atom. The van der Waals surface area contributed by atoms with Crippen molar-refractivity contribution in [1.82, 2.24) is 25.9 Å². The normalized spacial score (nSPS) is 21.4. The third kappa shape index (κ3) is 4.95. The molecule has 1 aliphatic carbocycles. The number of rotatable bonds is 8. The van der Waals surface area contributed by atoms with Gasteiger partial charge < -0.3 is 26.2 Å². The molecule has 1 aromatic heterocycles. The average Bonchev–Trinajstić information content (AvgIpc) is 3.17. The maximum atomic E-state index is 4.76. The zero-order valence-electron chi connectivity index (χ0n) is 18.5. The van der Waals surface area contributed by atoms with Gasteiger partial charge in [0.25, 0.3) is 0 Å². The SMILES string of the molecule is CC1=C(CNCC2CCC(CNc3nc(N(C)C)c4ccccc4n3)CC2)NCN1. The van der Waals surface area contributed by atoms with Gasteiger partial charge in [-0.1, -0.05) is 12.1 Å². The molecule has 1 saturated carbocycles. The first kappa shape index (κ1) is 20.7. The number of anilines is 2. The monoisotopic (exact) mass is 409 g/mol. The number of hydrogen-bond donors (Lipinski definition) is 4. The fourth-order valence-corrected chi connectivity index (χ4v) is 4.47. The highest BCUT2D eigenvalue weighted by Crippen LogP contribution is 2.29. The van der Waals surface area contributed by atoms with Crippen molar-refractivity contribution < 1.29 is 0 Å². The summed E-state index contributed by atoms with van der Waals surface area (Å²) in [5.74, 6) is 3.19. The second-order valence-corrected chi connectivity index (χ2v) is 8.81. The molecule has 1 aromatic carbocycles. The lowest BCUT2D eigenvalue weighted by Gasteiger charge is -2.29. The Hall–Kier alpha value is -2.54. The minimum atomic E-state index is 0.699. The van der Waals surface area contributed by atoms with Gasteiger partial charge in [-0.15, -0.1) is 0 Å². The summed E-state index contributed by atoms with van der Waals surface area (Å²) in [5.41, 5.74) is 3.57. The molecule has 0 bridgehead atoms. The van der Waals surface area contributed by atoms with Crippen LogP contribution in [0.2, 0.25) is 0 Å². The number of hydrogen-bond acceptors (Lipinski definition) is 7. The first-order valence-electron chi connectivity index (χ1n) is 11.2. The van der Waals surface area contributed by atoms with E-state index < -0.39 is 0 Å². The van der Waals surface area contributed by atoms with Crippen LogP contribution in [0.15, 0.2) is 35.7 Å². The molecular formula is C23H35N7. The highest BCUT2D eigenvalue weighted by molar-refractivity contribution is 5.90. The van der Waals surface area contributed by atoms with E-state index >= 15 is 0 Å². The Labute approximate surface area is 179 Å². The standard InChI is InChI=1S/C23H35N7/c1-16-21(27-15-26-16)14-24-12-17-8-10-18(11-9-17)13-25-23-28-20-7-5-4-6-19(20)22(29-23)30(2)3/h4-7,17-18,24,26-27H,8-15H2,1-3H3,(H,25,28,29). The average molecular weight is 410 g/mol. The van der Waals surface area contributed by atoms with E-state index in [-0.39, 0.29) is 0 Å². The van der Waals surface area contributed by atoms with Gasteiger partial charge >= 0.3 is 0 Å². The number of allylic oxidation sites excluding steroid dienone is 1. The van der Waals surface area contributed by atoms with Crippen molar-refractivity contribution in [2.75, 3.05) is 50.6 Å². The van der Waals surface area contributed by atoms with Gasteiger partial charge in [0.2, 0.25) is 5.95 Å². The Balaban J connectivity index is 1.24. The molecule has 2 aromatic rings. The molecule has 2 heterocycles. The van der Waals surface area contributed by atoms with Crippen molar-refractivity contribution >= 4 is 22.7 Å². The quantitative estimate of drug-likeness (QED) is 0.534. The lowest BCUT2D eigenvalue weighted by molar-refractivity contribution is 0.277. The molecule has 2 aliphatic rings. The fourth-order valence-electron chi connectivity index (χ4n) is 4.47. The minimum Gasteiger partial charge on any atom is -0.370 e. The van der Waals surface area contributed by atoms with Crippen LogP contribution in [0.1, 0.15) is 32.6 Å². The third-order valence-corrected chi connectivity index (χ3v) is 6.36. The van der Waals surface area contributed by atoms with Crippen molar-refractivity contribution in [3.63, 3.8) is 0 Å². The number of nitrogens with zero attached hydrogens (tertiary/aromatic N) is 3. The van der Waals surface area contributed by atoms with E-state index in [0.29, 0.717) is 5.92 Å². The molecule has 1 aliphatic heterocycles. The predicted octanol–water partition coefficient (Wildman–Crippen LogP) is 2.89. The van der Waals surface area contributed by atoms with Crippen LogP contribution in [0.3, 0.4) is 0 Å². The molecule has 1 fully saturated rings. The van der Waals surface area contributed by atoms with Crippen LogP contribution in [0.5, 0.6) is 0 Å².